The molecule has 1 aromatic rings. The Morgan fingerprint density at radius 3 is 2.80 bits per heavy atom. The molecule has 3 heteroatoms. The monoisotopic (exact) mass is 209 g/mol. The van der Waals surface area contributed by atoms with Crippen LogP contribution in [0.4, 0.5) is 0 Å². The van der Waals surface area contributed by atoms with Crippen LogP contribution in [0.2, 0.25) is 0 Å². The van der Waals surface area contributed by atoms with Gasteiger partial charge in [-0.25, -0.2) is 0 Å². The lowest BCUT2D eigenvalue weighted by Crippen LogP contribution is -2.25. The summed E-state index contributed by atoms with van der Waals surface area (Å²) in [5, 5.41) is 7.78. The van der Waals surface area contributed by atoms with E-state index in [1.807, 2.05) is 18.7 Å². The second-order valence-corrected chi connectivity index (χ2v) is 4.25. The van der Waals surface area contributed by atoms with Gasteiger partial charge in [-0.1, -0.05) is 6.92 Å². The first-order chi connectivity index (χ1) is 7.13. The summed E-state index contributed by atoms with van der Waals surface area (Å²) in [5.41, 5.74) is 2.46. The average Bonchev–Trinajstić information content (AvgIpc) is 2.46. The molecule has 1 atom stereocenters. The van der Waals surface area contributed by atoms with Gasteiger partial charge in [-0.3, -0.25) is 4.68 Å². The van der Waals surface area contributed by atoms with E-state index in [9.17, 15) is 0 Å². The molecule has 15 heavy (non-hydrogen) atoms. The molecule has 0 amide bonds. The highest BCUT2D eigenvalue weighted by Gasteiger charge is 2.03. The van der Waals surface area contributed by atoms with Gasteiger partial charge >= 0.3 is 0 Å². The Hall–Kier alpha value is -0.830. The van der Waals surface area contributed by atoms with E-state index < -0.39 is 0 Å². The standard InChI is InChI=1S/C12H23N3/c1-5-13-10(2)7-6-8-12-9-11(3)14-15(12)4/h9-10,13H,5-8H2,1-4H3. The topological polar surface area (TPSA) is 29.9 Å². The lowest BCUT2D eigenvalue weighted by Gasteiger charge is -2.11. The molecular weight excluding hydrogens is 186 g/mol. The first-order valence-corrected chi connectivity index (χ1v) is 5.86. The first-order valence-electron chi connectivity index (χ1n) is 5.86. The van der Waals surface area contributed by atoms with E-state index in [2.05, 4.69) is 30.3 Å². The SMILES string of the molecule is CCNC(C)CCCc1cc(C)nn1C. The summed E-state index contributed by atoms with van der Waals surface area (Å²) in [6.45, 7) is 7.51. The van der Waals surface area contributed by atoms with Crippen molar-refractivity contribution in [2.45, 2.75) is 46.1 Å². The average molecular weight is 209 g/mol. The fourth-order valence-electron chi connectivity index (χ4n) is 1.94. The van der Waals surface area contributed by atoms with E-state index in [0.29, 0.717) is 6.04 Å². The second-order valence-electron chi connectivity index (χ2n) is 4.25. The molecule has 0 bridgehead atoms. The Balaban J connectivity index is 2.28. The van der Waals surface area contributed by atoms with E-state index >= 15 is 0 Å². The first kappa shape index (κ1) is 12.2. The van der Waals surface area contributed by atoms with Gasteiger partial charge < -0.3 is 5.32 Å². The van der Waals surface area contributed by atoms with Crippen LogP contribution in [0.5, 0.6) is 0 Å². The van der Waals surface area contributed by atoms with Crippen molar-refractivity contribution in [3.05, 3.63) is 17.5 Å². The van der Waals surface area contributed by atoms with Gasteiger partial charge in [0.15, 0.2) is 0 Å². The lowest BCUT2D eigenvalue weighted by molar-refractivity contribution is 0.507. The van der Waals surface area contributed by atoms with E-state index in [1.54, 1.807) is 0 Å². The quantitative estimate of drug-likeness (QED) is 0.777. The summed E-state index contributed by atoms with van der Waals surface area (Å²) in [4.78, 5) is 0. The van der Waals surface area contributed by atoms with Crippen molar-refractivity contribution in [3.63, 3.8) is 0 Å². The maximum atomic E-state index is 4.35. The van der Waals surface area contributed by atoms with Crippen molar-refractivity contribution in [1.82, 2.24) is 15.1 Å². The maximum Gasteiger partial charge on any atom is 0.0596 e. The van der Waals surface area contributed by atoms with Gasteiger partial charge in [0, 0.05) is 18.8 Å². The molecule has 1 N–H and O–H groups in total. The van der Waals surface area contributed by atoms with Gasteiger partial charge in [0.25, 0.3) is 0 Å². The molecule has 0 aromatic carbocycles. The van der Waals surface area contributed by atoms with E-state index in [1.165, 1.54) is 18.5 Å². The van der Waals surface area contributed by atoms with Crippen LogP contribution >= 0.6 is 0 Å². The smallest absolute Gasteiger partial charge is 0.0596 e. The third-order valence-corrected chi connectivity index (χ3v) is 2.72. The molecule has 1 aromatic heterocycles. The van der Waals surface area contributed by atoms with Crippen LogP contribution in [0.15, 0.2) is 6.07 Å². The van der Waals surface area contributed by atoms with Crippen molar-refractivity contribution in [1.29, 1.82) is 0 Å². The third kappa shape index (κ3) is 4.04. The largest absolute Gasteiger partial charge is 0.315 e. The zero-order valence-corrected chi connectivity index (χ0v) is 10.4. The molecule has 1 rings (SSSR count). The molecule has 0 aliphatic rings. The third-order valence-electron chi connectivity index (χ3n) is 2.72. The minimum atomic E-state index is 0.629. The van der Waals surface area contributed by atoms with Crippen molar-refractivity contribution < 1.29 is 0 Å². The van der Waals surface area contributed by atoms with Gasteiger partial charge in [0.2, 0.25) is 0 Å². The fraction of sp³-hybridized carbons (Fsp3) is 0.750. The van der Waals surface area contributed by atoms with Crippen molar-refractivity contribution in [3.8, 4) is 0 Å². The van der Waals surface area contributed by atoms with Gasteiger partial charge in [-0.05, 0) is 45.7 Å². The number of nitrogens with one attached hydrogen (secondary N) is 1. The summed E-state index contributed by atoms with van der Waals surface area (Å²) in [7, 11) is 2.02. The molecule has 0 radical (unpaired) electrons. The lowest BCUT2D eigenvalue weighted by atomic mass is 10.1. The predicted molar refractivity (Wildman–Crippen MR) is 64.0 cm³/mol. The number of aryl methyl sites for hydroxylation is 3. The summed E-state index contributed by atoms with van der Waals surface area (Å²) < 4.78 is 1.99. The van der Waals surface area contributed by atoms with Crippen LogP contribution in [0.3, 0.4) is 0 Å². The zero-order valence-electron chi connectivity index (χ0n) is 10.4. The maximum absolute atomic E-state index is 4.35. The Morgan fingerprint density at radius 2 is 2.27 bits per heavy atom. The summed E-state index contributed by atoms with van der Waals surface area (Å²) >= 11 is 0. The predicted octanol–water partition coefficient (Wildman–Crippen LogP) is 2.05. The highest BCUT2D eigenvalue weighted by atomic mass is 15.3. The van der Waals surface area contributed by atoms with E-state index in [-0.39, 0.29) is 0 Å². The highest BCUT2D eigenvalue weighted by molar-refractivity contribution is 5.08. The molecule has 86 valence electrons. The highest BCUT2D eigenvalue weighted by Crippen LogP contribution is 2.07. The molecule has 1 unspecified atom stereocenters. The molecule has 0 spiro atoms. The molecule has 1 heterocycles. The van der Waals surface area contributed by atoms with Gasteiger partial charge in [-0.2, -0.15) is 5.10 Å². The van der Waals surface area contributed by atoms with Crippen LogP contribution in [-0.4, -0.2) is 22.4 Å². The van der Waals surface area contributed by atoms with Crippen molar-refractivity contribution >= 4 is 0 Å². The molecule has 0 aliphatic carbocycles. The Morgan fingerprint density at radius 1 is 1.53 bits per heavy atom. The number of aromatic nitrogens is 2. The molecule has 0 saturated carbocycles. The van der Waals surface area contributed by atoms with Crippen LogP contribution < -0.4 is 5.32 Å². The summed E-state index contributed by atoms with van der Waals surface area (Å²) in [6, 6.07) is 2.81. The van der Waals surface area contributed by atoms with Crippen LogP contribution in [0.1, 0.15) is 38.1 Å². The zero-order chi connectivity index (χ0) is 11.3. The van der Waals surface area contributed by atoms with Crippen LogP contribution in [0, 0.1) is 6.92 Å². The van der Waals surface area contributed by atoms with Gasteiger partial charge in [0.05, 0.1) is 5.69 Å². The Labute approximate surface area is 92.9 Å². The van der Waals surface area contributed by atoms with Crippen LogP contribution in [0.25, 0.3) is 0 Å². The number of rotatable bonds is 6. The van der Waals surface area contributed by atoms with E-state index in [4.69, 9.17) is 0 Å². The normalized spacial score (nSPS) is 13.1. The van der Waals surface area contributed by atoms with Crippen molar-refractivity contribution in [2.24, 2.45) is 7.05 Å². The van der Waals surface area contributed by atoms with Gasteiger partial charge in [0.1, 0.15) is 0 Å². The second kappa shape index (κ2) is 5.91. The Kier molecular flexibility index (Phi) is 4.82. The fourth-order valence-corrected chi connectivity index (χ4v) is 1.94. The van der Waals surface area contributed by atoms with Crippen molar-refractivity contribution in [2.75, 3.05) is 6.54 Å². The molecular formula is C12H23N3. The molecule has 0 aliphatic heterocycles. The van der Waals surface area contributed by atoms with Crippen LogP contribution in [-0.2, 0) is 13.5 Å². The molecule has 0 fully saturated rings. The minimum absolute atomic E-state index is 0.629. The molecule has 0 saturated heterocycles. The summed E-state index contributed by atoms with van der Waals surface area (Å²) in [5.74, 6) is 0. The van der Waals surface area contributed by atoms with Gasteiger partial charge in [-0.15, -0.1) is 0 Å². The Bertz CT molecular complexity index is 291. The summed E-state index contributed by atoms with van der Waals surface area (Å²) in [6.07, 6.45) is 3.60. The molecule has 3 nitrogen and oxygen atoms in total. The minimum Gasteiger partial charge on any atom is -0.315 e. The number of nitrogens with zero attached hydrogens (tertiary/aromatic N) is 2. The number of hydrogen-bond acceptors (Lipinski definition) is 2. The number of hydrogen-bond donors (Lipinski definition) is 1. The van der Waals surface area contributed by atoms with E-state index in [0.717, 1.165) is 18.7 Å².